The monoisotopic (exact) mass is 315 g/mol. The SMILES string of the molecule is NCC1CCN(C(=O)C2CCN(C(=O)c3ccccc3)CC2)C1. The standard InChI is InChI=1S/C18H25N3O2/c19-12-14-6-9-21(13-14)18(23)16-7-10-20(11-8-16)17(22)15-4-2-1-3-5-15/h1-5,14,16H,6-13,19H2. The summed E-state index contributed by atoms with van der Waals surface area (Å²) < 4.78 is 0. The van der Waals surface area contributed by atoms with Gasteiger partial charge >= 0.3 is 0 Å². The van der Waals surface area contributed by atoms with Gasteiger partial charge in [0, 0.05) is 37.7 Å². The Morgan fingerprint density at radius 3 is 2.26 bits per heavy atom. The number of likely N-dealkylation sites (tertiary alicyclic amines) is 2. The van der Waals surface area contributed by atoms with E-state index in [2.05, 4.69) is 0 Å². The summed E-state index contributed by atoms with van der Waals surface area (Å²) in [6.07, 6.45) is 2.55. The third-order valence-corrected chi connectivity index (χ3v) is 5.08. The molecule has 0 aromatic heterocycles. The van der Waals surface area contributed by atoms with Gasteiger partial charge in [0.15, 0.2) is 0 Å². The first-order valence-electron chi connectivity index (χ1n) is 8.52. The summed E-state index contributed by atoms with van der Waals surface area (Å²) in [6.45, 7) is 3.63. The van der Waals surface area contributed by atoms with Crippen LogP contribution in [0.2, 0.25) is 0 Å². The van der Waals surface area contributed by atoms with Crippen molar-refractivity contribution in [1.82, 2.24) is 9.80 Å². The van der Waals surface area contributed by atoms with Gasteiger partial charge in [-0.1, -0.05) is 18.2 Å². The Morgan fingerprint density at radius 2 is 1.65 bits per heavy atom. The highest BCUT2D eigenvalue weighted by molar-refractivity contribution is 5.94. The van der Waals surface area contributed by atoms with Crippen LogP contribution in [0.1, 0.15) is 29.6 Å². The minimum atomic E-state index is 0.0614. The van der Waals surface area contributed by atoms with E-state index in [1.54, 1.807) is 0 Å². The maximum absolute atomic E-state index is 12.6. The molecule has 1 atom stereocenters. The molecule has 2 heterocycles. The van der Waals surface area contributed by atoms with E-state index >= 15 is 0 Å². The summed E-state index contributed by atoms with van der Waals surface area (Å²) in [4.78, 5) is 28.9. The van der Waals surface area contributed by atoms with Gasteiger partial charge < -0.3 is 15.5 Å². The van der Waals surface area contributed by atoms with E-state index in [1.165, 1.54) is 0 Å². The number of nitrogens with two attached hydrogens (primary N) is 1. The molecule has 2 amide bonds. The molecular formula is C18H25N3O2. The van der Waals surface area contributed by atoms with E-state index in [0.717, 1.165) is 37.9 Å². The predicted molar refractivity (Wildman–Crippen MR) is 88.8 cm³/mol. The first-order chi connectivity index (χ1) is 11.2. The second-order valence-corrected chi connectivity index (χ2v) is 6.61. The van der Waals surface area contributed by atoms with Crippen molar-refractivity contribution in [3.8, 4) is 0 Å². The third kappa shape index (κ3) is 3.55. The average molecular weight is 315 g/mol. The van der Waals surface area contributed by atoms with Gasteiger partial charge in [-0.15, -0.1) is 0 Å². The molecule has 0 bridgehead atoms. The van der Waals surface area contributed by atoms with Crippen LogP contribution in [0.4, 0.5) is 0 Å². The number of rotatable bonds is 3. The Balaban J connectivity index is 1.52. The Kier molecular flexibility index (Phi) is 4.96. The lowest BCUT2D eigenvalue weighted by atomic mass is 9.95. The van der Waals surface area contributed by atoms with Crippen molar-refractivity contribution in [2.45, 2.75) is 19.3 Å². The minimum Gasteiger partial charge on any atom is -0.342 e. The molecule has 2 saturated heterocycles. The molecule has 124 valence electrons. The summed E-state index contributed by atoms with van der Waals surface area (Å²) in [5.74, 6) is 0.846. The average Bonchev–Trinajstić information content (AvgIpc) is 3.10. The lowest BCUT2D eigenvalue weighted by Crippen LogP contribution is -2.44. The molecular weight excluding hydrogens is 290 g/mol. The topological polar surface area (TPSA) is 66.6 Å². The van der Waals surface area contributed by atoms with E-state index in [1.807, 2.05) is 40.1 Å². The number of hydrogen-bond acceptors (Lipinski definition) is 3. The summed E-state index contributed by atoms with van der Waals surface area (Å²) >= 11 is 0. The Hall–Kier alpha value is -1.88. The molecule has 0 spiro atoms. The van der Waals surface area contributed by atoms with E-state index in [0.29, 0.717) is 25.6 Å². The smallest absolute Gasteiger partial charge is 0.253 e. The molecule has 1 aromatic carbocycles. The van der Waals surface area contributed by atoms with Crippen molar-refractivity contribution in [3.63, 3.8) is 0 Å². The first-order valence-corrected chi connectivity index (χ1v) is 8.52. The molecule has 23 heavy (non-hydrogen) atoms. The highest BCUT2D eigenvalue weighted by Gasteiger charge is 2.33. The van der Waals surface area contributed by atoms with Crippen LogP contribution in [0.3, 0.4) is 0 Å². The van der Waals surface area contributed by atoms with Crippen LogP contribution >= 0.6 is 0 Å². The van der Waals surface area contributed by atoms with Crippen molar-refractivity contribution in [2.75, 3.05) is 32.7 Å². The van der Waals surface area contributed by atoms with Gasteiger partial charge in [0.1, 0.15) is 0 Å². The minimum absolute atomic E-state index is 0.0614. The zero-order valence-corrected chi connectivity index (χ0v) is 13.5. The largest absolute Gasteiger partial charge is 0.342 e. The van der Waals surface area contributed by atoms with Gasteiger partial charge in [0.25, 0.3) is 5.91 Å². The normalized spacial score (nSPS) is 22.4. The fraction of sp³-hybridized carbons (Fsp3) is 0.556. The molecule has 5 nitrogen and oxygen atoms in total. The molecule has 3 rings (SSSR count). The summed E-state index contributed by atoms with van der Waals surface area (Å²) in [7, 11) is 0. The van der Waals surface area contributed by atoms with Crippen LogP contribution in [-0.2, 0) is 4.79 Å². The van der Waals surface area contributed by atoms with Crippen LogP contribution in [0.5, 0.6) is 0 Å². The number of benzene rings is 1. The number of nitrogens with zero attached hydrogens (tertiary/aromatic N) is 2. The van der Waals surface area contributed by atoms with Crippen LogP contribution in [0, 0.1) is 11.8 Å². The number of hydrogen-bond donors (Lipinski definition) is 1. The second-order valence-electron chi connectivity index (χ2n) is 6.61. The summed E-state index contributed by atoms with van der Waals surface area (Å²) in [5.41, 5.74) is 6.42. The molecule has 1 unspecified atom stereocenters. The van der Waals surface area contributed by atoms with Gasteiger partial charge in [-0.25, -0.2) is 0 Å². The van der Waals surface area contributed by atoms with Gasteiger partial charge in [0.2, 0.25) is 5.91 Å². The van der Waals surface area contributed by atoms with E-state index in [-0.39, 0.29) is 17.7 Å². The van der Waals surface area contributed by atoms with Crippen LogP contribution in [-0.4, -0.2) is 54.3 Å². The summed E-state index contributed by atoms with van der Waals surface area (Å²) in [6, 6.07) is 9.36. The van der Waals surface area contributed by atoms with Crippen LogP contribution < -0.4 is 5.73 Å². The number of piperidine rings is 1. The molecule has 5 heteroatoms. The predicted octanol–water partition coefficient (Wildman–Crippen LogP) is 1.35. The maximum atomic E-state index is 12.6. The van der Waals surface area contributed by atoms with Gasteiger partial charge in [-0.3, -0.25) is 9.59 Å². The van der Waals surface area contributed by atoms with Crippen molar-refractivity contribution < 1.29 is 9.59 Å². The molecule has 1 aromatic rings. The zero-order valence-electron chi connectivity index (χ0n) is 13.5. The zero-order chi connectivity index (χ0) is 16.2. The molecule has 0 aliphatic carbocycles. The van der Waals surface area contributed by atoms with Gasteiger partial charge in [-0.2, -0.15) is 0 Å². The lowest BCUT2D eigenvalue weighted by molar-refractivity contribution is -0.135. The fourth-order valence-electron chi connectivity index (χ4n) is 3.58. The van der Waals surface area contributed by atoms with E-state index < -0.39 is 0 Å². The highest BCUT2D eigenvalue weighted by atomic mass is 16.2. The maximum Gasteiger partial charge on any atom is 0.253 e. The second kappa shape index (κ2) is 7.13. The van der Waals surface area contributed by atoms with Crippen molar-refractivity contribution in [3.05, 3.63) is 35.9 Å². The van der Waals surface area contributed by atoms with Crippen molar-refractivity contribution in [2.24, 2.45) is 17.6 Å². The fourth-order valence-corrected chi connectivity index (χ4v) is 3.58. The number of carbonyl (C=O) groups excluding carboxylic acids is 2. The Labute approximate surface area is 137 Å². The van der Waals surface area contributed by atoms with E-state index in [4.69, 9.17) is 5.73 Å². The van der Waals surface area contributed by atoms with E-state index in [9.17, 15) is 9.59 Å². The van der Waals surface area contributed by atoms with Crippen molar-refractivity contribution >= 4 is 11.8 Å². The van der Waals surface area contributed by atoms with Crippen molar-refractivity contribution in [1.29, 1.82) is 0 Å². The van der Waals surface area contributed by atoms with Crippen LogP contribution in [0.25, 0.3) is 0 Å². The molecule has 2 N–H and O–H groups in total. The first kappa shape index (κ1) is 16.0. The molecule has 2 aliphatic heterocycles. The number of carbonyl (C=O) groups is 2. The summed E-state index contributed by atoms with van der Waals surface area (Å²) in [5, 5.41) is 0. The van der Waals surface area contributed by atoms with Crippen LogP contribution in [0.15, 0.2) is 30.3 Å². The molecule has 0 radical (unpaired) electrons. The Bertz CT molecular complexity index is 553. The lowest BCUT2D eigenvalue weighted by Gasteiger charge is -2.33. The Morgan fingerprint density at radius 1 is 1.00 bits per heavy atom. The van der Waals surface area contributed by atoms with Gasteiger partial charge in [0.05, 0.1) is 0 Å². The van der Waals surface area contributed by atoms with Gasteiger partial charge in [-0.05, 0) is 43.9 Å². The highest BCUT2D eigenvalue weighted by Crippen LogP contribution is 2.24. The molecule has 0 saturated carbocycles. The third-order valence-electron chi connectivity index (χ3n) is 5.08. The molecule has 2 aliphatic rings. The quantitative estimate of drug-likeness (QED) is 0.915. The number of amides is 2. The molecule has 2 fully saturated rings.